The summed E-state index contributed by atoms with van der Waals surface area (Å²) >= 11 is 6.03. The topological polar surface area (TPSA) is 58.6 Å². The molecule has 2 rings (SSSR count). The summed E-state index contributed by atoms with van der Waals surface area (Å²) in [6.07, 6.45) is 2.67. The fourth-order valence-corrected chi connectivity index (χ4v) is 3.28. The van der Waals surface area contributed by atoms with E-state index in [9.17, 15) is 9.59 Å². The molecule has 1 saturated carbocycles. The van der Waals surface area contributed by atoms with Crippen molar-refractivity contribution in [3.63, 3.8) is 0 Å². The van der Waals surface area contributed by atoms with E-state index in [-0.39, 0.29) is 11.5 Å². The van der Waals surface area contributed by atoms with Crippen LogP contribution < -0.4 is 5.32 Å². The Morgan fingerprint density at radius 3 is 2.52 bits per heavy atom. The Hall–Kier alpha value is -1.59. The highest BCUT2D eigenvalue weighted by molar-refractivity contribution is 6.31. The first kappa shape index (κ1) is 17.8. The van der Waals surface area contributed by atoms with Crippen molar-refractivity contribution in [1.29, 1.82) is 0 Å². The van der Waals surface area contributed by atoms with Crippen LogP contribution in [0.25, 0.3) is 0 Å². The van der Waals surface area contributed by atoms with Crippen molar-refractivity contribution in [3.05, 3.63) is 28.3 Å². The molecule has 1 N–H and O–H groups in total. The largest absolute Gasteiger partial charge is 0.465 e. The maximum absolute atomic E-state index is 12.9. The summed E-state index contributed by atoms with van der Waals surface area (Å²) in [5.41, 5.74) is 0.996. The van der Waals surface area contributed by atoms with Gasteiger partial charge in [-0.25, -0.2) is 4.79 Å². The molecule has 0 unspecified atom stereocenters. The summed E-state index contributed by atoms with van der Waals surface area (Å²) in [7, 11) is 3.26. The smallest absolute Gasteiger partial charge is 0.340 e. The number of methoxy groups -OCH3 is 1. The van der Waals surface area contributed by atoms with Crippen molar-refractivity contribution in [1.82, 2.24) is 4.90 Å². The Balaban J connectivity index is 2.36. The van der Waals surface area contributed by atoms with Gasteiger partial charge in [-0.2, -0.15) is 0 Å². The first-order valence-electron chi connectivity index (χ1n) is 7.77. The van der Waals surface area contributed by atoms with Crippen molar-refractivity contribution < 1.29 is 14.3 Å². The second kappa shape index (κ2) is 6.89. The van der Waals surface area contributed by atoms with Gasteiger partial charge in [0.25, 0.3) is 0 Å². The monoisotopic (exact) mass is 338 g/mol. The highest BCUT2D eigenvalue weighted by Gasteiger charge is 2.47. The maximum atomic E-state index is 12.9. The summed E-state index contributed by atoms with van der Waals surface area (Å²) in [6.45, 7) is 4.63. The molecule has 1 aliphatic carbocycles. The Morgan fingerprint density at radius 1 is 1.39 bits per heavy atom. The van der Waals surface area contributed by atoms with Crippen molar-refractivity contribution >= 4 is 29.2 Å². The van der Waals surface area contributed by atoms with Crippen LogP contribution in [0.4, 0.5) is 5.69 Å². The molecular formula is C17H23ClN2O3. The number of hydrogen-bond acceptors (Lipinski definition) is 4. The van der Waals surface area contributed by atoms with Gasteiger partial charge in [-0.05, 0) is 57.5 Å². The van der Waals surface area contributed by atoms with Crippen LogP contribution in [0.2, 0.25) is 5.02 Å². The first-order valence-corrected chi connectivity index (χ1v) is 8.14. The Labute approximate surface area is 141 Å². The fraction of sp³-hybridized carbons (Fsp3) is 0.529. The molecule has 0 saturated heterocycles. The predicted octanol–water partition coefficient (Wildman–Crippen LogP) is 3.25. The fourth-order valence-electron chi connectivity index (χ4n) is 3.01. The zero-order valence-corrected chi connectivity index (χ0v) is 14.8. The molecule has 5 nitrogen and oxygen atoms in total. The van der Waals surface area contributed by atoms with E-state index in [0.29, 0.717) is 10.7 Å². The number of ether oxygens (including phenoxy) is 1. The van der Waals surface area contributed by atoms with E-state index < -0.39 is 11.5 Å². The van der Waals surface area contributed by atoms with Crippen molar-refractivity contribution in [2.24, 2.45) is 0 Å². The molecule has 126 valence electrons. The number of aryl methyl sites for hydroxylation is 1. The van der Waals surface area contributed by atoms with Gasteiger partial charge in [0.2, 0.25) is 5.91 Å². The zero-order chi connectivity index (χ0) is 17.2. The van der Waals surface area contributed by atoms with E-state index >= 15 is 0 Å². The lowest BCUT2D eigenvalue weighted by Crippen LogP contribution is -2.59. The number of carbonyl (C=O) groups is 2. The number of anilines is 1. The first-order chi connectivity index (χ1) is 10.9. The Kier molecular flexibility index (Phi) is 5.32. The maximum Gasteiger partial charge on any atom is 0.340 e. The number of hydrogen-bond donors (Lipinski definition) is 1. The molecule has 6 heteroatoms. The van der Waals surface area contributed by atoms with Gasteiger partial charge in [0.1, 0.15) is 5.54 Å². The summed E-state index contributed by atoms with van der Waals surface area (Å²) in [5.74, 6) is -0.596. The van der Waals surface area contributed by atoms with Crippen LogP contribution in [0.3, 0.4) is 0 Å². The Bertz CT molecular complexity index is 627. The molecule has 0 aromatic heterocycles. The zero-order valence-electron chi connectivity index (χ0n) is 14.0. The van der Waals surface area contributed by atoms with E-state index in [1.165, 1.54) is 13.2 Å². The van der Waals surface area contributed by atoms with E-state index in [2.05, 4.69) is 10.2 Å². The Morgan fingerprint density at radius 2 is 2.04 bits per heavy atom. The number of benzene rings is 1. The van der Waals surface area contributed by atoms with Crippen LogP contribution in [-0.2, 0) is 9.53 Å². The highest BCUT2D eigenvalue weighted by atomic mass is 35.5. The second-order valence-corrected chi connectivity index (χ2v) is 6.43. The summed E-state index contributed by atoms with van der Waals surface area (Å²) in [6, 6.07) is 3.24. The molecule has 1 aromatic carbocycles. The lowest BCUT2D eigenvalue weighted by Gasteiger charge is -2.46. The average Bonchev–Trinajstić information content (AvgIpc) is 2.47. The molecule has 23 heavy (non-hydrogen) atoms. The van der Waals surface area contributed by atoms with E-state index in [1.54, 1.807) is 6.07 Å². The second-order valence-electron chi connectivity index (χ2n) is 5.99. The van der Waals surface area contributed by atoms with Crippen molar-refractivity contribution in [3.8, 4) is 0 Å². The van der Waals surface area contributed by atoms with Crippen LogP contribution in [0.5, 0.6) is 0 Å². The summed E-state index contributed by atoms with van der Waals surface area (Å²) in [5, 5.41) is 3.37. The average molecular weight is 339 g/mol. The number of carbonyl (C=O) groups excluding carboxylic acids is 2. The number of esters is 1. The third-order valence-electron chi connectivity index (χ3n) is 4.75. The van der Waals surface area contributed by atoms with Gasteiger partial charge in [0, 0.05) is 5.02 Å². The molecule has 0 bridgehead atoms. The molecule has 1 amide bonds. The lowest BCUT2D eigenvalue weighted by molar-refractivity contribution is -0.132. The lowest BCUT2D eigenvalue weighted by atomic mass is 9.74. The quantitative estimate of drug-likeness (QED) is 0.837. The highest BCUT2D eigenvalue weighted by Crippen LogP contribution is 2.38. The molecular weight excluding hydrogens is 316 g/mol. The number of halogens is 1. The number of rotatable bonds is 5. The third-order valence-corrected chi connectivity index (χ3v) is 4.97. The number of likely N-dealkylation sites (N-methyl/N-ethyl adjacent to an activating group) is 1. The minimum absolute atomic E-state index is 0.0799. The van der Waals surface area contributed by atoms with Crippen molar-refractivity contribution in [2.75, 3.05) is 26.0 Å². The van der Waals surface area contributed by atoms with Crippen LogP contribution in [0, 0.1) is 6.92 Å². The molecule has 1 aromatic rings. The van der Waals surface area contributed by atoms with Gasteiger partial charge in [-0.3, -0.25) is 9.69 Å². The van der Waals surface area contributed by atoms with Gasteiger partial charge in [0.15, 0.2) is 0 Å². The van der Waals surface area contributed by atoms with E-state index in [4.69, 9.17) is 16.3 Å². The minimum Gasteiger partial charge on any atom is -0.465 e. The third kappa shape index (κ3) is 3.21. The molecule has 0 aliphatic heterocycles. The van der Waals surface area contributed by atoms with Crippen molar-refractivity contribution in [2.45, 2.75) is 38.6 Å². The molecule has 1 aliphatic rings. The van der Waals surface area contributed by atoms with Gasteiger partial charge >= 0.3 is 5.97 Å². The predicted molar refractivity (Wildman–Crippen MR) is 91.0 cm³/mol. The number of nitrogens with zero attached hydrogens (tertiary/aromatic N) is 1. The van der Waals surface area contributed by atoms with Crippen LogP contribution in [-0.4, -0.2) is 43.0 Å². The van der Waals surface area contributed by atoms with Crippen LogP contribution >= 0.6 is 11.6 Å². The number of amides is 1. The van der Waals surface area contributed by atoms with E-state index in [1.807, 2.05) is 20.9 Å². The van der Waals surface area contributed by atoms with Gasteiger partial charge in [-0.1, -0.05) is 18.5 Å². The van der Waals surface area contributed by atoms with Crippen LogP contribution in [0.15, 0.2) is 12.1 Å². The normalized spacial score (nSPS) is 15.9. The molecule has 1 fully saturated rings. The summed E-state index contributed by atoms with van der Waals surface area (Å²) < 4.78 is 4.80. The summed E-state index contributed by atoms with van der Waals surface area (Å²) in [4.78, 5) is 26.9. The molecule has 0 heterocycles. The SMILES string of the molecule is CCN(C)C1(C(=O)Nc2c(C)cc(Cl)cc2C(=O)OC)CCC1. The van der Waals surface area contributed by atoms with Crippen LogP contribution in [0.1, 0.15) is 42.1 Å². The molecule has 0 radical (unpaired) electrons. The van der Waals surface area contributed by atoms with Gasteiger partial charge in [0.05, 0.1) is 18.4 Å². The minimum atomic E-state index is -0.516. The molecule has 0 spiro atoms. The van der Waals surface area contributed by atoms with E-state index in [0.717, 1.165) is 31.4 Å². The van der Waals surface area contributed by atoms with Gasteiger partial charge < -0.3 is 10.1 Å². The number of nitrogens with one attached hydrogen (secondary N) is 1. The standard InChI is InChI=1S/C17H23ClN2O3/c1-5-20(3)17(7-6-8-17)16(22)19-14-11(2)9-12(18)10-13(14)15(21)23-4/h9-10H,5-8H2,1-4H3,(H,19,22). The molecule has 0 atom stereocenters. The van der Waals surface area contributed by atoms with Gasteiger partial charge in [-0.15, -0.1) is 0 Å².